The maximum absolute atomic E-state index is 5.72. The zero-order valence-electron chi connectivity index (χ0n) is 8.59. The normalized spacial score (nSPS) is 10.5. The summed E-state index contributed by atoms with van der Waals surface area (Å²) in [5.41, 5.74) is 1.11. The molecule has 0 amide bonds. The van der Waals surface area contributed by atoms with Gasteiger partial charge >= 0.3 is 0 Å². The maximum Gasteiger partial charge on any atom is 0.223 e. The van der Waals surface area contributed by atoms with Crippen LogP contribution >= 0.6 is 23.4 Å². The topological polar surface area (TPSA) is 25.8 Å². The predicted molar refractivity (Wildman–Crippen MR) is 62.0 cm³/mol. The molecule has 1 rings (SSSR count). The molecule has 0 aliphatic rings. The summed E-state index contributed by atoms with van der Waals surface area (Å²) in [7, 11) is 0. The second-order valence-corrected chi connectivity index (χ2v) is 4.60. The molecule has 0 saturated heterocycles. The summed E-state index contributed by atoms with van der Waals surface area (Å²) in [5.74, 6) is 1.11. The molecule has 1 aromatic heterocycles. The fraction of sp³-hybridized carbons (Fsp3) is 0.600. The molecule has 0 aliphatic carbocycles. The third kappa shape index (κ3) is 3.84. The van der Waals surface area contributed by atoms with E-state index in [2.05, 4.69) is 16.9 Å². The molecule has 0 atom stereocenters. The molecular formula is C10H15ClN2S. The van der Waals surface area contributed by atoms with Gasteiger partial charge in [-0.05, 0) is 36.3 Å². The highest BCUT2D eigenvalue weighted by Gasteiger charge is 2.02. The van der Waals surface area contributed by atoms with Crippen molar-refractivity contribution in [1.29, 1.82) is 0 Å². The first-order valence-electron chi connectivity index (χ1n) is 4.86. The van der Waals surface area contributed by atoms with E-state index in [1.807, 2.05) is 6.92 Å². The van der Waals surface area contributed by atoms with E-state index in [9.17, 15) is 0 Å². The summed E-state index contributed by atoms with van der Waals surface area (Å²) in [5, 5.41) is 1.36. The first-order chi connectivity index (χ1) is 6.74. The van der Waals surface area contributed by atoms with Gasteiger partial charge in [0.1, 0.15) is 5.03 Å². The van der Waals surface area contributed by atoms with Crippen LogP contribution in [0.4, 0.5) is 0 Å². The van der Waals surface area contributed by atoms with E-state index < -0.39 is 0 Å². The third-order valence-corrected chi connectivity index (χ3v) is 3.24. The molecule has 78 valence electrons. The smallest absolute Gasteiger partial charge is 0.223 e. The second kappa shape index (κ2) is 6.25. The Bertz CT molecular complexity index is 291. The Morgan fingerprint density at radius 2 is 2.21 bits per heavy atom. The van der Waals surface area contributed by atoms with Crippen molar-refractivity contribution >= 4 is 23.4 Å². The molecular weight excluding hydrogens is 216 g/mol. The van der Waals surface area contributed by atoms with Gasteiger partial charge in [0.25, 0.3) is 0 Å². The minimum Gasteiger partial charge on any atom is -0.226 e. The number of nitrogens with zero attached hydrogens (tertiary/aromatic N) is 2. The maximum atomic E-state index is 5.72. The van der Waals surface area contributed by atoms with Gasteiger partial charge in [0.2, 0.25) is 5.28 Å². The molecule has 0 radical (unpaired) electrons. The van der Waals surface area contributed by atoms with Crippen LogP contribution in [0.15, 0.2) is 11.2 Å². The van der Waals surface area contributed by atoms with Crippen molar-refractivity contribution in [2.24, 2.45) is 0 Å². The van der Waals surface area contributed by atoms with Gasteiger partial charge in [-0.1, -0.05) is 19.8 Å². The SMILES string of the molecule is CCCCCSc1nc(Cl)ncc1C. The number of aryl methyl sites for hydroxylation is 1. The highest BCUT2D eigenvalue weighted by molar-refractivity contribution is 7.99. The number of rotatable bonds is 5. The van der Waals surface area contributed by atoms with Gasteiger partial charge in [0, 0.05) is 6.20 Å². The van der Waals surface area contributed by atoms with Crippen LogP contribution < -0.4 is 0 Å². The van der Waals surface area contributed by atoms with E-state index in [1.165, 1.54) is 19.3 Å². The second-order valence-electron chi connectivity index (χ2n) is 3.18. The Balaban J connectivity index is 2.45. The molecule has 0 unspecified atom stereocenters. The van der Waals surface area contributed by atoms with E-state index in [1.54, 1.807) is 18.0 Å². The molecule has 0 bridgehead atoms. The number of hydrogen-bond acceptors (Lipinski definition) is 3. The average Bonchev–Trinajstić information content (AvgIpc) is 2.18. The summed E-state index contributed by atoms with van der Waals surface area (Å²) in [4.78, 5) is 8.11. The molecule has 0 aliphatic heterocycles. The molecule has 0 fully saturated rings. The first kappa shape index (κ1) is 11.8. The standard InChI is InChI=1S/C10H15ClN2S/c1-3-4-5-6-14-9-8(2)7-12-10(11)13-9/h7H,3-6H2,1-2H3. The number of halogens is 1. The molecule has 0 aromatic carbocycles. The summed E-state index contributed by atoms with van der Waals surface area (Å²) < 4.78 is 0. The number of hydrogen-bond donors (Lipinski definition) is 0. The van der Waals surface area contributed by atoms with E-state index in [0.29, 0.717) is 5.28 Å². The average molecular weight is 231 g/mol. The van der Waals surface area contributed by atoms with Gasteiger partial charge in [-0.15, -0.1) is 11.8 Å². The lowest BCUT2D eigenvalue weighted by Gasteiger charge is -2.03. The van der Waals surface area contributed by atoms with Crippen molar-refractivity contribution in [1.82, 2.24) is 9.97 Å². The number of thioether (sulfide) groups is 1. The van der Waals surface area contributed by atoms with Gasteiger partial charge in [0.05, 0.1) is 0 Å². The molecule has 14 heavy (non-hydrogen) atoms. The molecule has 0 saturated carbocycles. The van der Waals surface area contributed by atoms with Crippen LogP contribution in [0.25, 0.3) is 0 Å². The van der Waals surface area contributed by atoms with E-state index in [4.69, 9.17) is 11.6 Å². The molecule has 0 spiro atoms. The number of aromatic nitrogens is 2. The first-order valence-corrected chi connectivity index (χ1v) is 6.22. The Labute approximate surface area is 94.5 Å². The van der Waals surface area contributed by atoms with E-state index in [0.717, 1.165) is 16.3 Å². The third-order valence-electron chi connectivity index (χ3n) is 1.88. The summed E-state index contributed by atoms with van der Waals surface area (Å²) >= 11 is 7.49. The minimum absolute atomic E-state index is 0.341. The monoisotopic (exact) mass is 230 g/mol. The van der Waals surface area contributed by atoms with Gasteiger partial charge in [0.15, 0.2) is 0 Å². The fourth-order valence-electron chi connectivity index (χ4n) is 1.07. The van der Waals surface area contributed by atoms with Crippen molar-refractivity contribution < 1.29 is 0 Å². The highest BCUT2D eigenvalue weighted by Crippen LogP contribution is 2.21. The van der Waals surface area contributed by atoms with Crippen LogP contribution in [0.1, 0.15) is 31.7 Å². The van der Waals surface area contributed by atoms with Crippen molar-refractivity contribution in [2.45, 2.75) is 38.1 Å². The molecule has 1 heterocycles. The highest BCUT2D eigenvalue weighted by atomic mass is 35.5. The lowest BCUT2D eigenvalue weighted by molar-refractivity contribution is 0.778. The fourth-order valence-corrected chi connectivity index (χ4v) is 2.23. The van der Waals surface area contributed by atoms with Gasteiger partial charge in [-0.3, -0.25) is 0 Å². The van der Waals surface area contributed by atoms with Crippen LogP contribution in [0.5, 0.6) is 0 Å². The van der Waals surface area contributed by atoms with Crippen molar-refractivity contribution in [3.63, 3.8) is 0 Å². The van der Waals surface area contributed by atoms with Crippen LogP contribution in [-0.2, 0) is 0 Å². The molecule has 4 heteroatoms. The van der Waals surface area contributed by atoms with Gasteiger partial charge in [-0.25, -0.2) is 9.97 Å². The largest absolute Gasteiger partial charge is 0.226 e. The lowest BCUT2D eigenvalue weighted by atomic mass is 10.3. The van der Waals surface area contributed by atoms with Crippen molar-refractivity contribution in [3.8, 4) is 0 Å². The molecule has 2 nitrogen and oxygen atoms in total. The van der Waals surface area contributed by atoms with Crippen LogP contribution in [0.3, 0.4) is 0 Å². The minimum atomic E-state index is 0.341. The van der Waals surface area contributed by atoms with E-state index >= 15 is 0 Å². The Morgan fingerprint density at radius 1 is 1.43 bits per heavy atom. The summed E-state index contributed by atoms with van der Waals surface area (Å²) in [6, 6.07) is 0. The quantitative estimate of drug-likeness (QED) is 0.334. The summed E-state index contributed by atoms with van der Waals surface area (Å²) in [6.07, 6.45) is 5.55. The van der Waals surface area contributed by atoms with Gasteiger partial charge in [-0.2, -0.15) is 0 Å². The van der Waals surface area contributed by atoms with Crippen molar-refractivity contribution in [3.05, 3.63) is 17.0 Å². The van der Waals surface area contributed by atoms with Crippen LogP contribution in [0, 0.1) is 6.92 Å². The van der Waals surface area contributed by atoms with Gasteiger partial charge < -0.3 is 0 Å². The van der Waals surface area contributed by atoms with Crippen LogP contribution in [0.2, 0.25) is 5.28 Å². The zero-order valence-corrected chi connectivity index (χ0v) is 10.2. The number of unbranched alkanes of at least 4 members (excludes halogenated alkanes) is 2. The lowest BCUT2D eigenvalue weighted by Crippen LogP contribution is -1.90. The predicted octanol–water partition coefficient (Wildman–Crippen LogP) is 3.72. The Kier molecular flexibility index (Phi) is 5.26. The van der Waals surface area contributed by atoms with Crippen LogP contribution in [-0.4, -0.2) is 15.7 Å². The molecule has 0 N–H and O–H groups in total. The summed E-state index contributed by atoms with van der Waals surface area (Å²) in [6.45, 7) is 4.22. The Hall–Kier alpha value is -0.280. The zero-order chi connectivity index (χ0) is 10.4. The molecule has 1 aromatic rings. The van der Waals surface area contributed by atoms with Crippen molar-refractivity contribution in [2.75, 3.05) is 5.75 Å². The van der Waals surface area contributed by atoms with E-state index in [-0.39, 0.29) is 0 Å². The Morgan fingerprint density at radius 3 is 2.93 bits per heavy atom.